The summed E-state index contributed by atoms with van der Waals surface area (Å²) in [5, 5.41) is 18.2. The number of sulfonamides is 1. The van der Waals surface area contributed by atoms with Crippen LogP contribution in [0.3, 0.4) is 0 Å². The lowest BCUT2D eigenvalue weighted by Crippen LogP contribution is -2.44. The molecule has 0 aromatic carbocycles. The number of alkyl halides is 6. The Kier molecular flexibility index (Phi) is 6.93. The highest BCUT2D eigenvalue weighted by Gasteiger charge is 2.52. The first-order valence-electron chi connectivity index (χ1n) is 10.8. The lowest BCUT2D eigenvalue weighted by molar-refractivity contribution is -0.192. The minimum Gasteiger partial charge on any atom is -0.475 e. The molecule has 1 saturated heterocycles. The van der Waals surface area contributed by atoms with Gasteiger partial charge in [0.2, 0.25) is 0 Å². The Morgan fingerprint density at radius 3 is 2.45 bits per heavy atom. The lowest BCUT2D eigenvalue weighted by atomic mass is 10.1. The smallest absolute Gasteiger partial charge is 0.475 e. The molecule has 1 atom stereocenters. The number of aliphatic carboxylic acids is 1. The molecule has 5 rings (SSSR count). The first-order chi connectivity index (χ1) is 17.6. The number of pyridine rings is 1. The van der Waals surface area contributed by atoms with E-state index in [-0.39, 0.29) is 35.7 Å². The van der Waals surface area contributed by atoms with Crippen molar-refractivity contribution in [2.75, 3.05) is 35.5 Å². The summed E-state index contributed by atoms with van der Waals surface area (Å²) in [6.07, 6.45) is -2.14. The normalized spacial score (nSPS) is 18.3. The Morgan fingerprint density at radius 1 is 1.21 bits per heavy atom. The van der Waals surface area contributed by atoms with Crippen LogP contribution in [-0.2, 0) is 26.0 Å². The zero-order valence-electron chi connectivity index (χ0n) is 19.3. The van der Waals surface area contributed by atoms with Gasteiger partial charge in [-0.15, -0.1) is 0 Å². The molecular weight excluding hydrogens is 552 g/mol. The molecular formula is C19H19F6N7O5S. The third-order valence-electron chi connectivity index (χ3n) is 5.76. The van der Waals surface area contributed by atoms with Crippen molar-refractivity contribution >= 4 is 38.5 Å². The summed E-state index contributed by atoms with van der Waals surface area (Å²) in [5.41, 5.74) is -4.75. The van der Waals surface area contributed by atoms with E-state index in [1.54, 1.807) is 6.07 Å². The largest absolute Gasteiger partial charge is 0.516 e. The second kappa shape index (κ2) is 9.61. The van der Waals surface area contributed by atoms with Crippen molar-refractivity contribution in [2.45, 2.75) is 31.1 Å². The van der Waals surface area contributed by atoms with Gasteiger partial charge in [0, 0.05) is 24.7 Å². The molecule has 0 bridgehead atoms. The number of fused-ring (bicyclic) bond motifs is 3. The molecule has 0 radical (unpaired) electrons. The number of carboxylic acids is 1. The van der Waals surface area contributed by atoms with Crippen LogP contribution in [0.5, 0.6) is 0 Å². The maximum atomic E-state index is 13.4. The monoisotopic (exact) mass is 571 g/mol. The Bertz CT molecular complexity index is 1440. The van der Waals surface area contributed by atoms with Gasteiger partial charge in [-0.3, -0.25) is 9.40 Å². The number of aromatic amines is 1. The highest BCUT2D eigenvalue weighted by atomic mass is 32.2. The van der Waals surface area contributed by atoms with E-state index >= 15 is 0 Å². The zero-order valence-corrected chi connectivity index (χ0v) is 20.1. The van der Waals surface area contributed by atoms with Gasteiger partial charge in [0.1, 0.15) is 5.82 Å². The Hall–Kier alpha value is -3.61. The molecule has 0 aliphatic carbocycles. The fourth-order valence-electron chi connectivity index (χ4n) is 4.08. The van der Waals surface area contributed by atoms with Crippen LogP contribution in [0.15, 0.2) is 18.5 Å². The number of H-pyrrole nitrogens is 1. The van der Waals surface area contributed by atoms with Crippen LogP contribution in [-0.4, -0.2) is 88.5 Å². The van der Waals surface area contributed by atoms with E-state index in [2.05, 4.69) is 15.3 Å². The summed E-state index contributed by atoms with van der Waals surface area (Å²) in [6, 6.07) is 1.54. The van der Waals surface area contributed by atoms with Crippen molar-refractivity contribution < 1.29 is 49.4 Å². The quantitative estimate of drug-likeness (QED) is 0.452. The third kappa shape index (κ3) is 4.82. The summed E-state index contributed by atoms with van der Waals surface area (Å²) in [4.78, 5) is 15.6. The van der Waals surface area contributed by atoms with Gasteiger partial charge >= 0.3 is 27.7 Å². The summed E-state index contributed by atoms with van der Waals surface area (Å²) >= 11 is 0. The molecule has 1 fully saturated rings. The van der Waals surface area contributed by atoms with Gasteiger partial charge in [-0.1, -0.05) is 0 Å². The summed E-state index contributed by atoms with van der Waals surface area (Å²) < 4.78 is 104. The molecule has 3 aromatic rings. The molecule has 2 N–H and O–H groups in total. The number of nitrogens with zero attached hydrogens (tertiary/aromatic N) is 6. The van der Waals surface area contributed by atoms with E-state index in [1.807, 2.05) is 11.8 Å². The summed E-state index contributed by atoms with van der Waals surface area (Å²) in [5.74, 6) is -1.86. The maximum Gasteiger partial charge on any atom is 0.516 e. The first kappa shape index (κ1) is 27.4. The number of hydrogen-bond donors (Lipinski definition) is 2. The van der Waals surface area contributed by atoms with Gasteiger partial charge in [-0.05, 0) is 13.3 Å². The van der Waals surface area contributed by atoms with E-state index in [0.29, 0.717) is 41.3 Å². The molecule has 19 heteroatoms. The molecule has 0 amide bonds. The number of rotatable bonds is 3. The molecule has 12 nitrogen and oxygen atoms in total. The van der Waals surface area contributed by atoms with Crippen LogP contribution in [0.1, 0.15) is 12.5 Å². The predicted octanol–water partition coefficient (Wildman–Crippen LogP) is 2.21. The minimum absolute atomic E-state index is 0.0261. The zero-order chi connectivity index (χ0) is 28.0. The Balaban J connectivity index is 0.000000426. The van der Waals surface area contributed by atoms with Gasteiger partial charge in [0.15, 0.2) is 11.5 Å². The van der Waals surface area contributed by atoms with Crippen molar-refractivity contribution in [3.8, 4) is 5.82 Å². The van der Waals surface area contributed by atoms with Gasteiger partial charge in [0.05, 0.1) is 42.7 Å². The molecule has 0 unspecified atom stereocenters. The van der Waals surface area contributed by atoms with E-state index in [1.165, 1.54) is 17.1 Å². The van der Waals surface area contributed by atoms with Crippen molar-refractivity contribution in [1.82, 2.24) is 25.0 Å². The first-order valence-corrected chi connectivity index (χ1v) is 12.2. The number of anilines is 2. The number of morpholine rings is 1. The van der Waals surface area contributed by atoms with Crippen molar-refractivity contribution in [1.29, 1.82) is 0 Å². The average Bonchev–Trinajstić information content (AvgIpc) is 3.56. The molecule has 3 aromatic heterocycles. The number of hydrogen-bond acceptors (Lipinski definition) is 8. The van der Waals surface area contributed by atoms with Crippen LogP contribution < -0.4 is 9.21 Å². The minimum atomic E-state index is -5.58. The fraction of sp³-hybridized carbons (Fsp3) is 0.474. The molecule has 0 spiro atoms. The predicted molar refractivity (Wildman–Crippen MR) is 118 cm³/mol. The van der Waals surface area contributed by atoms with Crippen molar-refractivity contribution in [3.05, 3.63) is 24.0 Å². The lowest BCUT2D eigenvalue weighted by Gasteiger charge is -2.35. The molecule has 38 heavy (non-hydrogen) atoms. The Morgan fingerprint density at radius 2 is 1.89 bits per heavy atom. The number of nitrogens with one attached hydrogen (secondary N) is 1. The summed E-state index contributed by atoms with van der Waals surface area (Å²) in [6.45, 7) is 2.94. The SMILES string of the molecule is C[C@@H]1COCCN1c1nc2c(cnn2-c2ccn[nH]2)c2c1CCN2S(=O)(=O)C(F)(F)F.O=C(O)C(F)(F)F. The average molecular weight is 571 g/mol. The van der Waals surface area contributed by atoms with Crippen molar-refractivity contribution in [2.24, 2.45) is 0 Å². The molecule has 2 aliphatic rings. The number of ether oxygens (including phenoxy) is 1. The second-order valence-electron chi connectivity index (χ2n) is 8.19. The number of halogens is 6. The standard InChI is InChI=1S/C17H18F3N7O3S.C2HF3O2/c1-10-9-30-7-6-25(10)15-11-3-5-26(31(28,29)17(18,19)20)14(11)12-8-22-27(16(12)23-15)13-2-4-21-24-13;3-2(4,5)1(6)7/h2,4,8,10H,3,5-7,9H2,1H3,(H,21,24);(H,6,7)/t10-;/m1./s1. The fourth-order valence-corrected chi connectivity index (χ4v) is 5.11. The number of aromatic nitrogens is 5. The topological polar surface area (TPSA) is 147 Å². The van der Waals surface area contributed by atoms with Crippen LogP contribution in [0.4, 0.5) is 37.8 Å². The third-order valence-corrected chi connectivity index (χ3v) is 7.29. The highest BCUT2D eigenvalue weighted by Crippen LogP contribution is 2.45. The number of carboxylic acid groups (broad SMARTS) is 1. The van der Waals surface area contributed by atoms with Crippen LogP contribution in [0.2, 0.25) is 0 Å². The molecule has 0 saturated carbocycles. The van der Waals surface area contributed by atoms with Gasteiger partial charge in [0.25, 0.3) is 0 Å². The molecule has 2 aliphatic heterocycles. The van der Waals surface area contributed by atoms with E-state index in [9.17, 15) is 34.8 Å². The Labute approximate surface area is 209 Å². The van der Waals surface area contributed by atoms with Crippen molar-refractivity contribution in [3.63, 3.8) is 0 Å². The summed E-state index contributed by atoms with van der Waals surface area (Å²) in [7, 11) is -5.58. The number of carbonyl (C=O) groups is 1. The molecule has 208 valence electrons. The van der Waals surface area contributed by atoms with Gasteiger partial charge < -0.3 is 14.7 Å². The van der Waals surface area contributed by atoms with Crippen LogP contribution in [0.25, 0.3) is 16.9 Å². The van der Waals surface area contributed by atoms with E-state index in [0.717, 1.165) is 0 Å². The van der Waals surface area contributed by atoms with E-state index < -0.39 is 27.7 Å². The molecule has 5 heterocycles. The van der Waals surface area contributed by atoms with Gasteiger partial charge in [-0.2, -0.15) is 49.6 Å². The van der Waals surface area contributed by atoms with E-state index in [4.69, 9.17) is 19.6 Å². The maximum absolute atomic E-state index is 13.4. The highest BCUT2D eigenvalue weighted by molar-refractivity contribution is 7.93. The van der Waals surface area contributed by atoms with Crippen LogP contribution >= 0.6 is 0 Å². The second-order valence-corrected chi connectivity index (χ2v) is 10.0. The van der Waals surface area contributed by atoms with Crippen LogP contribution in [0, 0.1) is 0 Å². The van der Waals surface area contributed by atoms with Gasteiger partial charge in [-0.25, -0.2) is 9.78 Å².